The lowest BCUT2D eigenvalue weighted by molar-refractivity contribution is 0.387. The summed E-state index contributed by atoms with van der Waals surface area (Å²) in [5.74, 6) is 2.37. The van der Waals surface area contributed by atoms with Crippen LogP contribution in [-0.2, 0) is 14.6 Å². The predicted octanol–water partition coefficient (Wildman–Crippen LogP) is 3.00. The summed E-state index contributed by atoms with van der Waals surface area (Å²) >= 11 is 0. The van der Waals surface area contributed by atoms with Gasteiger partial charge in [-0.2, -0.15) is 4.98 Å². The monoisotopic (exact) mass is 458 g/mol. The van der Waals surface area contributed by atoms with E-state index in [2.05, 4.69) is 30.1 Å². The Bertz CT molecular complexity index is 1090. The maximum atomic E-state index is 12.7. The molecule has 2 aromatic heterocycles. The van der Waals surface area contributed by atoms with Crippen molar-refractivity contribution in [1.29, 1.82) is 0 Å². The molecule has 170 valence electrons. The van der Waals surface area contributed by atoms with E-state index in [0.717, 1.165) is 11.4 Å². The van der Waals surface area contributed by atoms with Gasteiger partial charge < -0.3 is 24.0 Å². The minimum Gasteiger partial charge on any atom is -0.593 e. The minimum absolute atomic E-state index is 0.126. The average Bonchev–Trinajstić information content (AvgIpc) is 3.13. The third-order valence-electron chi connectivity index (χ3n) is 5.34. The van der Waals surface area contributed by atoms with Crippen LogP contribution in [0.4, 0.5) is 17.5 Å². The summed E-state index contributed by atoms with van der Waals surface area (Å²) in [6.07, 6.45) is 2.99. The quantitative estimate of drug-likeness (QED) is 0.513. The van der Waals surface area contributed by atoms with Crippen LogP contribution in [0.25, 0.3) is 0 Å². The Morgan fingerprint density at radius 1 is 1.19 bits per heavy atom. The number of aryl methyl sites for hydroxylation is 2. The van der Waals surface area contributed by atoms with Crippen molar-refractivity contribution in [2.45, 2.75) is 37.6 Å². The third kappa shape index (κ3) is 4.90. The summed E-state index contributed by atoms with van der Waals surface area (Å²) in [5, 5.41) is 7.00. The zero-order valence-electron chi connectivity index (χ0n) is 18.2. The standard InChI is InChI=1S/C21H26N6O4S/c1-14-20(15(2)31-25-14)32(28,29)26-17-9-12-27(13-10-17)21-22-11-8-19(24-21)23-16-4-6-18(30-3)7-5-16/h4-8,11,17H,9-10,12-13H2,1-3H3,(H2-,22,23,24,26,28,29). The van der Waals surface area contributed by atoms with Crippen LogP contribution in [0.5, 0.6) is 5.75 Å². The van der Waals surface area contributed by atoms with Gasteiger partial charge in [0.05, 0.1) is 13.2 Å². The fraction of sp³-hybridized carbons (Fsp3) is 0.381. The molecule has 1 aliphatic rings. The van der Waals surface area contributed by atoms with Gasteiger partial charge in [0.1, 0.15) is 17.3 Å². The number of rotatable bonds is 7. The number of nitrogens with zero attached hydrogens (tertiary/aromatic N) is 4. The fourth-order valence-electron chi connectivity index (χ4n) is 3.73. The van der Waals surface area contributed by atoms with E-state index >= 15 is 0 Å². The molecular formula is C21H26N6O4S. The first-order valence-electron chi connectivity index (χ1n) is 10.3. The highest BCUT2D eigenvalue weighted by molar-refractivity contribution is 7.95. The molecule has 1 aliphatic heterocycles. The first-order valence-corrected chi connectivity index (χ1v) is 11.8. The van der Waals surface area contributed by atoms with Crippen LogP contribution >= 0.6 is 0 Å². The molecule has 4 rings (SSSR count). The Labute approximate surface area is 187 Å². The van der Waals surface area contributed by atoms with E-state index < -0.39 is 10.4 Å². The number of anilines is 3. The number of piperidine rings is 1. The number of hydrogen-bond acceptors (Lipinski definition) is 9. The molecule has 0 radical (unpaired) electrons. The van der Waals surface area contributed by atoms with Crippen molar-refractivity contribution in [2.75, 3.05) is 30.4 Å². The van der Waals surface area contributed by atoms with Crippen molar-refractivity contribution < 1.29 is 18.0 Å². The molecule has 1 saturated heterocycles. The zero-order chi connectivity index (χ0) is 22.7. The van der Waals surface area contributed by atoms with E-state index in [4.69, 9.17) is 9.26 Å². The van der Waals surface area contributed by atoms with E-state index in [9.17, 15) is 8.76 Å². The van der Waals surface area contributed by atoms with Crippen molar-refractivity contribution in [2.24, 2.45) is 0 Å². The Kier molecular flexibility index (Phi) is 6.40. The van der Waals surface area contributed by atoms with Gasteiger partial charge in [0, 0.05) is 31.9 Å². The van der Waals surface area contributed by atoms with Crippen LogP contribution in [-0.4, -0.2) is 45.9 Å². The third-order valence-corrected chi connectivity index (χ3v) is 7.11. The van der Waals surface area contributed by atoms with Crippen LogP contribution in [0.2, 0.25) is 0 Å². The van der Waals surface area contributed by atoms with E-state index in [0.29, 0.717) is 49.2 Å². The van der Waals surface area contributed by atoms with Crippen LogP contribution in [0.3, 0.4) is 0 Å². The Hall–Kier alpha value is -3.02. The summed E-state index contributed by atoms with van der Waals surface area (Å²) in [5.41, 5.74) is 1.25. The number of ether oxygens (including phenoxy) is 1. The second kappa shape index (κ2) is 9.23. The normalized spacial score (nSPS) is 16.6. The predicted molar refractivity (Wildman–Crippen MR) is 120 cm³/mol. The van der Waals surface area contributed by atoms with E-state index in [-0.39, 0.29) is 10.9 Å². The number of hydrogen-bond donors (Lipinski definition) is 2. The summed E-state index contributed by atoms with van der Waals surface area (Å²) < 4.78 is 38.5. The van der Waals surface area contributed by atoms with Gasteiger partial charge in [-0.25, -0.2) is 4.98 Å². The van der Waals surface area contributed by atoms with Gasteiger partial charge >= 0.3 is 0 Å². The second-order valence-electron chi connectivity index (χ2n) is 7.63. The molecule has 2 N–H and O–H groups in total. The molecule has 1 fully saturated rings. The highest BCUT2D eigenvalue weighted by Crippen LogP contribution is 2.26. The zero-order valence-corrected chi connectivity index (χ0v) is 19.0. The largest absolute Gasteiger partial charge is 0.593 e. The second-order valence-corrected chi connectivity index (χ2v) is 9.28. The SMILES string of the molecule is COc1ccc(Nc2ccnc(N3CCC(N[S+](=O)([O-])c4c(C)noc4C)CC3)n2)cc1. The topological polar surface area (TPSA) is 128 Å². The van der Waals surface area contributed by atoms with Crippen LogP contribution < -0.4 is 19.7 Å². The fourth-order valence-corrected chi connectivity index (χ4v) is 5.36. The molecule has 11 heteroatoms. The Morgan fingerprint density at radius 3 is 2.53 bits per heavy atom. The highest BCUT2D eigenvalue weighted by Gasteiger charge is 2.34. The molecule has 1 atom stereocenters. The van der Waals surface area contributed by atoms with Gasteiger partial charge in [-0.15, -0.1) is 4.72 Å². The summed E-state index contributed by atoms with van der Waals surface area (Å²) in [7, 11) is -2.05. The molecule has 0 amide bonds. The lowest BCUT2D eigenvalue weighted by Crippen LogP contribution is -2.47. The van der Waals surface area contributed by atoms with Crippen LogP contribution in [0.1, 0.15) is 24.3 Å². The van der Waals surface area contributed by atoms with Crippen LogP contribution in [0.15, 0.2) is 45.9 Å². The average molecular weight is 459 g/mol. The van der Waals surface area contributed by atoms with Gasteiger partial charge in [-0.3, -0.25) is 0 Å². The van der Waals surface area contributed by atoms with E-state index in [1.54, 1.807) is 33.2 Å². The van der Waals surface area contributed by atoms with Gasteiger partial charge in [0.2, 0.25) is 10.8 Å². The molecule has 32 heavy (non-hydrogen) atoms. The maximum absolute atomic E-state index is 12.7. The van der Waals surface area contributed by atoms with Crippen molar-refractivity contribution in [3.05, 3.63) is 48.0 Å². The lowest BCUT2D eigenvalue weighted by Gasteiger charge is -2.32. The van der Waals surface area contributed by atoms with Crippen molar-refractivity contribution in [3.63, 3.8) is 0 Å². The number of aromatic nitrogens is 3. The number of benzene rings is 1. The number of methoxy groups -OCH3 is 1. The minimum atomic E-state index is -3.68. The molecule has 0 aliphatic carbocycles. The smallest absolute Gasteiger partial charge is 0.240 e. The molecular weight excluding hydrogens is 432 g/mol. The van der Waals surface area contributed by atoms with Crippen molar-refractivity contribution in [1.82, 2.24) is 19.8 Å². The summed E-state index contributed by atoms with van der Waals surface area (Å²) in [6, 6.07) is 9.20. The van der Waals surface area contributed by atoms with Gasteiger partial charge in [-0.1, -0.05) is 9.37 Å². The summed E-state index contributed by atoms with van der Waals surface area (Å²) in [6.45, 7) is 4.50. The summed E-state index contributed by atoms with van der Waals surface area (Å²) in [4.78, 5) is 11.2. The number of nitrogens with one attached hydrogen (secondary N) is 2. The molecule has 3 aromatic rings. The van der Waals surface area contributed by atoms with Gasteiger partial charge in [0.25, 0.3) is 0 Å². The van der Waals surface area contributed by atoms with E-state index in [1.165, 1.54) is 0 Å². The van der Waals surface area contributed by atoms with Gasteiger partial charge in [0.15, 0.2) is 16.2 Å². The molecule has 10 nitrogen and oxygen atoms in total. The Morgan fingerprint density at radius 2 is 1.91 bits per heavy atom. The molecule has 0 bridgehead atoms. The molecule has 3 heterocycles. The first kappa shape index (κ1) is 22.2. The molecule has 0 spiro atoms. The molecule has 0 saturated carbocycles. The Balaban J connectivity index is 1.37. The van der Waals surface area contributed by atoms with Crippen molar-refractivity contribution in [3.8, 4) is 5.75 Å². The molecule has 1 aromatic carbocycles. The lowest BCUT2D eigenvalue weighted by atomic mass is 10.1. The van der Waals surface area contributed by atoms with Crippen LogP contribution in [0, 0.1) is 13.8 Å². The number of sulfonamides is 1. The van der Waals surface area contributed by atoms with Crippen molar-refractivity contribution >= 4 is 27.9 Å². The maximum Gasteiger partial charge on any atom is 0.240 e. The van der Waals surface area contributed by atoms with E-state index in [1.807, 2.05) is 24.3 Å². The molecule has 1 unspecified atom stereocenters. The first-order chi connectivity index (χ1) is 15.4. The van der Waals surface area contributed by atoms with Gasteiger partial charge in [-0.05, 0) is 50.1 Å². The highest BCUT2D eigenvalue weighted by atomic mass is 32.3.